The monoisotopic (exact) mass is 242 g/mol. The second-order valence-corrected chi connectivity index (χ2v) is 4.73. The smallest absolute Gasteiger partial charge is 0.222 e. The van der Waals surface area contributed by atoms with Gasteiger partial charge >= 0.3 is 0 Å². The third kappa shape index (κ3) is 2.67. The summed E-state index contributed by atoms with van der Waals surface area (Å²) in [4.78, 5) is 17.8. The third-order valence-electron chi connectivity index (χ3n) is 3.04. The van der Waals surface area contributed by atoms with Gasteiger partial charge in [-0.2, -0.15) is 0 Å². The first-order valence-corrected chi connectivity index (χ1v) is 6.13. The Balaban J connectivity index is 2.30. The largest absolute Gasteiger partial charge is 0.349 e. The van der Waals surface area contributed by atoms with Crippen molar-refractivity contribution in [2.24, 2.45) is 0 Å². The Bertz CT molecular complexity index is 576. The molecule has 1 aromatic heterocycles. The zero-order valence-electron chi connectivity index (χ0n) is 11.1. The van der Waals surface area contributed by atoms with Gasteiger partial charge in [-0.3, -0.25) is 9.78 Å². The number of hydrogen-bond donors (Lipinski definition) is 0. The number of hydrogen-bond acceptors (Lipinski definition) is 2. The summed E-state index contributed by atoms with van der Waals surface area (Å²) in [6.07, 6.45) is 1.31. The van der Waals surface area contributed by atoms with Crippen molar-refractivity contribution < 1.29 is 4.79 Å². The number of nitrogens with zero attached hydrogens (tertiary/aromatic N) is 2. The summed E-state index contributed by atoms with van der Waals surface area (Å²) in [5, 5.41) is 1.15. The van der Waals surface area contributed by atoms with Crippen LogP contribution < -0.4 is 0 Å². The molecule has 0 radical (unpaired) electrons. The second kappa shape index (κ2) is 5.17. The highest BCUT2D eigenvalue weighted by Gasteiger charge is 2.08. The van der Waals surface area contributed by atoms with Crippen LogP contribution in [0.25, 0.3) is 10.9 Å². The number of rotatable bonds is 3. The van der Waals surface area contributed by atoms with Gasteiger partial charge in [0.1, 0.15) is 0 Å². The molecule has 0 atom stereocenters. The predicted octanol–water partition coefficient (Wildman–Crippen LogP) is 2.56. The average molecular weight is 242 g/mol. The van der Waals surface area contributed by atoms with Gasteiger partial charge in [-0.05, 0) is 31.0 Å². The lowest BCUT2D eigenvalue weighted by molar-refractivity contribution is -0.128. The Morgan fingerprint density at radius 2 is 2.00 bits per heavy atom. The van der Waals surface area contributed by atoms with E-state index in [0.29, 0.717) is 6.42 Å². The van der Waals surface area contributed by atoms with E-state index in [4.69, 9.17) is 0 Å². The lowest BCUT2D eigenvalue weighted by atomic mass is 10.0. The number of amides is 1. The average Bonchev–Trinajstić information content (AvgIpc) is 2.35. The maximum absolute atomic E-state index is 11.6. The molecule has 0 aliphatic heterocycles. The van der Waals surface area contributed by atoms with Gasteiger partial charge < -0.3 is 4.90 Å². The minimum Gasteiger partial charge on any atom is -0.349 e. The van der Waals surface area contributed by atoms with E-state index in [1.54, 1.807) is 19.0 Å². The Morgan fingerprint density at radius 3 is 2.72 bits per heavy atom. The summed E-state index contributed by atoms with van der Waals surface area (Å²) in [5.74, 6) is 0.161. The predicted molar refractivity (Wildman–Crippen MR) is 73.5 cm³/mol. The maximum Gasteiger partial charge on any atom is 0.222 e. The number of fused-ring (bicyclic) bond motifs is 1. The summed E-state index contributed by atoms with van der Waals surface area (Å²) >= 11 is 0. The molecule has 0 fully saturated rings. The zero-order valence-corrected chi connectivity index (χ0v) is 11.1. The summed E-state index contributed by atoms with van der Waals surface area (Å²) < 4.78 is 0. The van der Waals surface area contributed by atoms with Crippen LogP contribution in [0.5, 0.6) is 0 Å². The molecule has 0 spiro atoms. The van der Waals surface area contributed by atoms with Gasteiger partial charge in [0.05, 0.1) is 5.52 Å². The molecule has 2 rings (SSSR count). The van der Waals surface area contributed by atoms with Crippen LogP contribution in [0.2, 0.25) is 0 Å². The molecule has 18 heavy (non-hydrogen) atoms. The fourth-order valence-corrected chi connectivity index (χ4v) is 2.07. The molecule has 3 nitrogen and oxygen atoms in total. The third-order valence-corrected chi connectivity index (χ3v) is 3.04. The SMILES string of the molecule is Cc1cc(CCC(=O)N(C)C)c2ccccc2n1. The number of aromatic nitrogens is 1. The van der Waals surface area contributed by atoms with E-state index in [1.807, 2.05) is 25.1 Å². The molecule has 0 saturated heterocycles. The molecular weight excluding hydrogens is 224 g/mol. The fraction of sp³-hybridized carbons (Fsp3) is 0.333. The van der Waals surface area contributed by atoms with Gasteiger partial charge in [-0.1, -0.05) is 18.2 Å². The zero-order chi connectivity index (χ0) is 13.1. The molecule has 94 valence electrons. The molecule has 0 aliphatic carbocycles. The van der Waals surface area contributed by atoms with Crippen LogP contribution in [-0.2, 0) is 11.2 Å². The number of carbonyl (C=O) groups excluding carboxylic acids is 1. The number of para-hydroxylation sites is 1. The minimum absolute atomic E-state index is 0.161. The van der Waals surface area contributed by atoms with Crippen LogP contribution in [0.3, 0.4) is 0 Å². The van der Waals surface area contributed by atoms with E-state index < -0.39 is 0 Å². The number of carbonyl (C=O) groups is 1. The van der Waals surface area contributed by atoms with E-state index in [2.05, 4.69) is 17.1 Å². The number of aryl methyl sites for hydroxylation is 2. The molecule has 0 aliphatic rings. The minimum atomic E-state index is 0.161. The Hall–Kier alpha value is -1.90. The van der Waals surface area contributed by atoms with E-state index in [0.717, 1.165) is 23.0 Å². The normalized spacial score (nSPS) is 10.6. The Morgan fingerprint density at radius 1 is 1.28 bits per heavy atom. The maximum atomic E-state index is 11.6. The van der Waals surface area contributed by atoms with Crippen molar-refractivity contribution in [2.45, 2.75) is 19.8 Å². The van der Waals surface area contributed by atoms with Crippen molar-refractivity contribution in [1.29, 1.82) is 0 Å². The van der Waals surface area contributed by atoms with Crippen molar-refractivity contribution >= 4 is 16.8 Å². The molecule has 2 aromatic rings. The van der Waals surface area contributed by atoms with Crippen LogP contribution in [0, 0.1) is 6.92 Å². The lowest BCUT2D eigenvalue weighted by Gasteiger charge is -2.11. The van der Waals surface area contributed by atoms with Crippen molar-refractivity contribution in [2.75, 3.05) is 14.1 Å². The highest BCUT2D eigenvalue weighted by atomic mass is 16.2. The quantitative estimate of drug-likeness (QED) is 0.828. The summed E-state index contributed by atoms with van der Waals surface area (Å²) in [6, 6.07) is 10.2. The van der Waals surface area contributed by atoms with Crippen molar-refractivity contribution in [3.05, 3.63) is 41.6 Å². The molecule has 3 heteroatoms. The van der Waals surface area contributed by atoms with Gasteiger partial charge in [0.15, 0.2) is 0 Å². The molecule has 1 heterocycles. The molecule has 1 aromatic carbocycles. The standard InChI is InChI=1S/C15H18N2O/c1-11-10-12(8-9-15(18)17(2)3)13-6-4-5-7-14(13)16-11/h4-7,10H,8-9H2,1-3H3. The van der Waals surface area contributed by atoms with Crippen LogP contribution in [0.1, 0.15) is 17.7 Å². The first-order chi connectivity index (χ1) is 8.58. The highest BCUT2D eigenvalue weighted by Crippen LogP contribution is 2.19. The van der Waals surface area contributed by atoms with E-state index >= 15 is 0 Å². The highest BCUT2D eigenvalue weighted by molar-refractivity contribution is 5.83. The lowest BCUT2D eigenvalue weighted by Crippen LogP contribution is -2.21. The van der Waals surface area contributed by atoms with Crippen LogP contribution in [-0.4, -0.2) is 29.9 Å². The van der Waals surface area contributed by atoms with Gasteiger partial charge in [0.25, 0.3) is 0 Å². The number of pyridine rings is 1. The number of benzene rings is 1. The molecular formula is C15H18N2O. The van der Waals surface area contributed by atoms with Gasteiger partial charge in [0.2, 0.25) is 5.91 Å². The van der Waals surface area contributed by atoms with Crippen molar-refractivity contribution in [3.63, 3.8) is 0 Å². The topological polar surface area (TPSA) is 33.2 Å². The van der Waals surface area contributed by atoms with Crippen molar-refractivity contribution in [3.8, 4) is 0 Å². The molecule has 0 unspecified atom stereocenters. The molecule has 0 bridgehead atoms. The molecule has 0 N–H and O–H groups in total. The first-order valence-electron chi connectivity index (χ1n) is 6.13. The van der Waals surface area contributed by atoms with Crippen molar-refractivity contribution in [1.82, 2.24) is 9.88 Å². The molecule has 1 amide bonds. The molecule has 0 saturated carbocycles. The Kier molecular flexibility index (Phi) is 3.60. The second-order valence-electron chi connectivity index (χ2n) is 4.73. The van der Waals surface area contributed by atoms with Gasteiger partial charge in [0, 0.05) is 31.6 Å². The van der Waals surface area contributed by atoms with Crippen LogP contribution in [0.15, 0.2) is 30.3 Å². The van der Waals surface area contributed by atoms with Crippen LogP contribution in [0.4, 0.5) is 0 Å². The van der Waals surface area contributed by atoms with E-state index in [1.165, 1.54) is 5.56 Å². The van der Waals surface area contributed by atoms with E-state index in [-0.39, 0.29) is 5.91 Å². The summed E-state index contributed by atoms with van der Waals surface area (Å²) in [6.45, 7) is 1.99. The van der Waals surface area contributed by atoms with Gasteiger partial charge in [-0.15, -0.1) is 0 Å². The fourth-order valence-electron chi connectivity index (χ4n) is 2.07. The summed E-state index contributed by atoms with van der Waals surface area (Å²) in [7, 11) is 3.58. The van der Waals surface area contributed by atoms with Crippen LogP contribution >= 0.6 is 0 Å². The van der Waals surface area contributed by atoms with E-state index in [9.17, 15) is 4.79 Å². The summed E-state index contributed by atoms with van der Waals surface area (Å²) in [5.41, 5.74) is 3.21. The first kappa shape index (κ1) is 12.6. The Labute approximate surface area is 107 Å². The van der Waals surface area contributed by atoms with Gasteiger partial charge in [-0.25, -0.2) is 0 Å².